The highest BCUT2D eigenvalue weighted by atomic mass is 16.2. The summed E-state index contributed by atoms with van der Waals surface area (Å²) in [5, 5.41) is 8.10. The Morgan fingerprint density at radius 3 is 2.50 bits per heavy atom. The number of nitrogens with one attached hydrogen (secondary N) is 3. The number of carbonyl (C=O) groups excluding carboxylic acids is 5. The Labute approximate surface area is 184 Å². The van der Waals surface area contributed by atoms with Crippen molar-refractivity contribution in [3.8, 4) is 0 Å². The summed E-state index contributed by atoms with van der Waals surface area (Å²) < 4.78 is 0. The number of hydrogen-bond acceptors (Lipinski definition) is 6. The van der Waals surface area contributed by atoms with E-state index in [1.165, 1.54) is 0 Å². The van der Waals surface area contributed by atoms with E-state index in [9.17, 15) is 24.0 Å². The van der Waals surface area contributed by atoms with Gasteiger partial charge in [-0.3, -0.25) is 34.2 Å². The normalized spacial score (nSPS) is 17.8. The summed E-state index contributed by atoms with van der Waals surface area (Å²) in [6, 6.07) is 11.0. The van der Waals surface area contributed by atoms with Crippen molar-refractivity contribution in [1.82, 2.24) is 15.5 Å². The molecule has 1 atom stereocenters. The Morgan fingerprint density at radius 1 is 1.06 bits per heavy atom. The molecule has 0 aliphatic carbocycles. The van der Waals surface area contributed by atoms with E-state index in [1.807, 2.05) is 19.1 Å². The molecule has 0 bridgehead atoms. The van der Waals surface area contributed by atoms with Crippen LogP contribution in [-0.4, -0.2) is 47.0 Å². The second kappa shape index (κ2) is 8.62. The molecule has 1 fully saturated rings. The highest BCUT2D eigenvalue weighted by Gasteiger charge is 2.45. The van der Waals surface area contributed by atoms with Crippen molar-refractivity contribution in [3.05, 3.63) is 64.7 Å². The van der Waals surface area contributed by atoms with E-state index in [0.29, 0.717) is 24.3 Å². The Kier molecular flexibility index (Phi) is 5.72. The summed E-state index contributed by atoms with van der Waals surface area (Å²) in [6.07, 6.45) is 0.179. The average molecular weight is 434 g/mol. The molecule has 1 saturated heterocycles. The van der Waals surface area contributed by atoms with Crippen molar-refractivity contribution in [3.63, 3.8) is 0 Å². The molecule has 3 N–H and O–H groups in total. The number of imide groups is 2. The number of nitrogens with zero attached hydrogens (tertiary/aromatic N) is 1. The van der Waals surface area contributed by atoms with Crippen LogP contribution in [0.5, 0.6) is 0 Å². The second-order valence-electron chi connectivity index (χ2n) is 7.59. The predicted molar refractivity (Wildman–Crippen MR) is 115 cm³/mol. The smallest absolute Gasteiger partial charge is 0.264 e. The lowest BCUT2D eigenvalue weighted by Gasteiger charge is -2.27. The molecule has 0 spiro atoms. The van der Waals surface area contributed by atoms with Crippen molar-refractivity contribution in [2.24, 2.45) is 0 Å². The van der Waals surface area contributed by atoms with Crippen LogP contribution >= 0.6 is 0 Å². The molecule has 32 heavy (non-hydrogen) atoms. The van der Waals surface area contributed by atoms with Crippen molar-refractivity contribution in [2.45, 2.75) is 32.4 Å². The highest BCUT2D eigenvalue weighted by molar-refractivity contribution is 6.25. The maximum absolute atomic E-state index is 13.1. The lowest BCUT2D eigenvalue weighted by atomic mass is 10.0. The van der Waals surface area contributed by atoms with E-state index < -0.39 is 29.7 Å². The van der Waals surface area contributed by atoms with Crippen LogP contribution < -0.4 is 16.0 Å². The Bertz CT molecular complexity index is 1130. The molecule has 9 nitrogen and oxygen atoms in total. The van der Waals surface area contributed by atoms with Crippen LogP contribution in [0, 0.1) is 0 Å². The number of hydrogen-bond donors (Lipinski definition) is 3. The van der Waals surface area contributed by atoms with Crippen molar-refractivity contribution >= 4 is 35.2 Å². The Hall–Kier alpha value is -4.01. The summed E-state index contributed by atoms with van der Waals surface area (Å²) in [5.41, 5.74) is 2.34. The first-order valence-corrected chi connectivity index (χ1v) is 10.4. The van der Waals surface area contributed by atoms with Gasteiger partial charge in [0.15, 0.2) is 0 Å². The SMILES string of the molecule is CCNC(=O)c1ccc(CNc2cccc3c2C(=O)N(C2CCC(=O)NC2=O)C3=O)cc1. The van der Waals surface area contributed by atoms with Crippen LogP contribution in [0.25, 0.3) is 0 Å². The van der Waals surface area contributed by atoms with Gasteiger partial charge in [0.2, 0.25) is 11.8 Å². The van der Waals surface area contributed by atoms with Crippen LogP contribution in [0.15, 0.2) is 42.5 Å². The molecule has 1 unspecified atom stereocenters. The molecule has 2 aliphatic heterocycles. The van der Waals surface area contributed by atoms with Gasteiger partial charge in [-0.2, -0.15) is 0 Å². The van der Waals surface area contributed by atoms with Gasteiger partial charge in [-0.05, 0) is 43.2 Å². The fourth-order valence-electron chi connectivity index (χ4n) is 3.90. The fourth-order valence-corrected chi connectivity index (χ4v) is 3.90. The minimum atomic E-state index is -1.00. The van der Waals surface area contributed by atoms with Gasteiger partial charge in [-0.25, -0.2) is 0 Å². The molecule has 2 heterocycles. The summed E-state index contributed by atoms with van der Waals surface area (Å²) in [4.78, 5) is 62.5. The lowest BCUT2D eigenvalue weighted by molar-refractivity contribution is -0.136. The van der Waals surface area contributed by atoms with E-state index in [1.54, 1.807) is 30.3 Å². The Balaban J connectivity index is 1.51. The standard InChI is InChI=1S/C23H22N4O5/c1-2-24-20(29)14-8-6-13(7-9-14)12-25-16-5-3-4-15-19(16)23(32)27(22(15)31)17-10-11-18(28)26-21(17)30/h3-9,17,25H,2,10-12H2,1H3,(H,24,29)(H,26,28,30). The minimum absolute atomic E-state index is 0.0706. The van der Waals surface area contributed by atoms with Crippen LogP contribution in [-0.2, 0) is 16.1 Å². The number of carbonyl (C=O) groups is 5. The first-order chi connectivity index (χ1) is 15.4. The zero-order valence-corrected chi connectivity index (χ0v) is 17.4. The second-order valence-corrected chi connectivity index (χ2v) is 7.59. The van der Waals surface area contributed by atoms with E-state index in [4.69, 9.17) is 0 Å². The van der Waals surface area contributed by atoms with E-state index >= 15 is 0 Å². The monoisotopic (exact) mass is 434 g/mol. The molecule has 2 aliphatic rings. The predicted octanol–water partition coefficient (Wildman–Crippen LogP) is 1.45. The van der Waals surface area contributed by atoms with Gasteiger partial charge in [-0.15, -0.1) is 0 Å². The van der Waals surface area contributed by atoms with Gasteiger partial charge >= 0.3 is 0 Å². The van der Waals surface area contributed by atoms with E-state index in [0.717, 1.165) is 10.5 Å². The summed E-state index contributed by atoms with van der Waals surface area (Å²) >= 11 is 0. The Morgan fingerprint density at radius 2 is 1.81 bits per heavy atom. The molecule has 5 amide bonds. The quantitative estimate of drug-likeness (QED) is 0.591. The fraction of sp³-hybridized carbons (Fsp3) is 0.261. The molecular formula is C23H22N4O5. The van der Waals surface area contributed by atoms with Crippen LogP contribution in [0.2, 0.25) is 0 Å². The highest BCUT2D eigenvalue weighted by Crippen LogP contribution is 2.32. The van der Waals surface area contributed by atoms with Crippen molar-refractivity contribution < 1.29 is 24.0 Å². The van der Waals surface area contributed by atoms with E-state index in [2.05, 4.69) is 16.0 Å². The van der Waals surface area contributed by atoms with Crippen LogP contribution in [0.4, 0.5) is 5.69 Å². The summed E-state index contributed by atoms with van der Waals surface area (Å²) in [6.45, 7) is 2.76. The summed E-state index contributed by atoms with van der Waals surface area (Å²) in [5.74, 6) is -2.31. The topological polar surface area (TPSA) is 125 Å². The molecule has 9 heteroatoms. The van der Waals surface area contributed by atoms with Gasteiger partial charge in [-0.1, -0.05) is 18.2 Å². The molecule has 2 aromatic rings. The first-order valence-electron chi connectivity index (χ1n) is 10.4. The number of fused-ring (bicyclic) bond motifs is 1. The van der Waals surface area contributed by atoms with Gasteiger partial charge < -0.3 is 10.6 Å². The first kappa shape index (κ1) is 21.2. The molecule has 4 rings (SSSR count). The average Bonchev–Trinajstić information content (AvgIpc) is 3.04. The summed E-state index contributed by atoms with van der Waals surface area (Å²) in [7, 11) is 0. The molecule has 164 valence electrons. The number of amides is 5. The minimum Gasteiger partial charge on any atom is -0.380 e. The van der Waals surface area contributed by atoms with Crippen LogP contribution in [0.3, 0.4) is 0 Å². The zero-order valence-electron chi connectivity index (χ0n) is 17.4. The van der Waals surface area contributed by atoms with Crippen LogP contribution in [0.1, 0.15) is 56.4 Å². The molecular weight excluding hydrogens is 412 g/mol. The van der Waals surface area contributed by atoms with Crippen molar-refractivity contribution in [1.29, 1.82) is 0 Å². The molecule has 0 saturated carbocycles. The molecule has 0 aromatic heterocycles. The third kappa shape index (κ3) is 3.84. The van der Waals surface area contributed by atoms with E-state index in [-0.39, 0.29) is 29.9 Å². The number of benzene rings is 2. The third-order valence-corrected chi connectivity index (χ3v) is 5.50. The maximum Gasteiger partial charge on any atom is 0.264 e. The number of anilines is 1. The lowest BCUT2D eigenvalue weighted by Crippen LogP contribution is -2.54. The zero-order chi connectivity index (χ0) is 22.8. The molecule has 2 aromatic carbocycles. The number of rotatable bonds is 6. The van der Waals surface area contributed by atoms with Gasteiger partial charge in [0, 0.05) is 30.8 Å². The maximum atomic E-state index is 13.1. The van der Waals surface area contributed by atoms with Gasteiger partial charge in [0.05, 0.1) is 11.1 Å². The number of piperidine rings is 1. The molecule has 0 radical (unpaired) electrons. The van der Waals surface area contributed by atoms with Crippen molar-refractivity contribution in [2.75, 3.05) is 11.9 Å². The third-order valence-electron chi connectivity index (χ3n) is 5.50. The van der Waals surface area contributed by atoms with Gasteiger partial charge in [0.1, 0.15) is 6.04 Å². The largest absolute Gasteiger partial charge is 0.380 e. The van der Waals surface area contributed by atoms with Gasteiger partial charge in [0.25, 0.3) is 17.7 Å².